The number of fused-ring (bicyclic) bond motifs is 1. The summed E-state index contributed by atoms with van der Waals surface area (Å²) in [5.41, 5.74) is 0.913. The molecule has 0 radical (unpaired) electrons. The number of ether oxygens (including phenoxy) is 3. The second-order valence-electron chi connectivity index (χ2n) is 5.41. The average Bonchev–Trinajstić information content (AvgIpc) is 3.02. The van der Waals surface area contributed by atoms with Gasteiger partial charge in [-0.25, -0.2) is 9.48 Å². The van der Waals surface area contributed by atoms with Crippen molar-refractivity contribution in [1.29, 1.82) is 0 Å². The first-order chi connectivity index (χ1) is 10.4. The van der Waals surface area contributed by atoms with E-state index in [1.807, 2.05) is 26.0 Å². The van der Waals surface area contributed by atoms with E-state index in [4.69, 9.17) is 14.2 Å². The lowest BCUT2D eigenvalue weighted by atomic mass is 10.1. The van der Waals surface area contributed by atoms with Gasteiger partial charge in [-0.2, -0.15) is 0 Å². The van der Waals surface area contributed by atoms with Gasteiger partial charge in [0.05, 0.1) is 18.5 Å². The van der Waals surface area contributed by atoms with Crippen LogP contribution in [0.25, 0.3) is 5.70 Å². The van der Waals surface area contributed by atoms with E-state index in [1.165, 1.54) is 10.9 Å². The van der Waals surface area contributed by atoms with Crippen molar-refractivity contribution in [3.05, 3.63) is 28.5 Å². The molecule has 0 amide bonds. The van der Waals surface area contributed by atoms with Gasteiger partial charge in [0, 0.05) is 4.48 Å². The van der Waals surface area contributed by atoms with E-state index < -0.39 is 11.8 Å². The standard InChI is InChI=1S/C14H16BrN3O4/c1-4-20-13(19)10-7-18(17-16-10)8-5-9(15)12-11(6-8)21-14(2,3)22-12/h5-7,11-12H,4H2,1-3H3/t11-,12+/m0/s1. The Balaban J connectivity index is 1.85. The van der Waals surface area contributed by atoms with Crippen LogP contribution in [0.2, 0.25) is 0 Å². The molecule has 1 aliphatic heterocycles. The highest BCUT2D eigenvalue weighted by Gasteiger charge is 2.43. The van der Waals surface area contributed by atoms with Gasteiger partial charge in [0.1, 0.15) is 12.2 Å². The molecule has 1 fully saturated rings. The van der Waals surface area contributed by atoms with Crippen molar-refractivity contribution >= 4 is 27.6 Å². The first-order valence-corrected chi connectivity index (χ1v) is 7.73. The van der Waals surface area contributed by atoms with Crippen LogP contribution >= 0.6 is 15.9 Å². The molecule has 1 aromatic heterocycles. The van der Waals surface area contributed by atoms with Crippen molar-refractivity contribution in [2.24, 2.45) is 0 Å². The van der Waals surface area contributed by atoms with Crippen LogP contribution in [-0.4, -0.2) is 45.6 Å². The molecule has 0 saturated carbocycles. The maximum atomic E-state index is 11.6. The number of rotatable bonds is 3. The van der Waals surface area contributed by atoms with Crippen LogP contribution in [0, 0.1) is 0 Å². The van der Waals surface area contributed by atoms with E-state index >= 15 is 0 Å². The van der Waals surface area contributed by atoms with Gasteiger partial charge in [-0.05, 0) is 32.9 Å². The molecule has 0 unspecified atom stereocenters. The Morgan fingerprint density at radius 1 is 1.50 bits per heavy atom. The van der Waals surface area contributed by atoms with Gasteiger partial charge in [0.15, 0.2) is 11.5 Å². The minimum atomic E-state index is -0.646. The first kappa shape index (κ1) is 15.4. The second-order valence-corrected chi connectivity index (χ2v) is 6.33. The van der Waals surface area contributed by atoms with Crippen molar-refractivity contribution in [2.45, 2.75) is 38.8 Å². The zero-order valence-corrected chi connectivity index (χ0v) is 14.0. The lowest BCUT2D eigenvalue weighted by Gasteiger charge is -2.19. The quantitative estimate of drug-likeness (QED) is 0.759. The molecule has 2 heterocycles. The smallest absolute Gasteiger partial charge is 0.360 e. The number of allylic oxidation sites excluding steroid dienone is 2. The van der Waals surface area contributed by atoms with Gasteiger partial charge in [-0.1, -0.05) is 21.1 Å². The zero-order valence-electron chi connectivity index (χ0n) is 12.4. The summed E-state index contributed by atoms with van der Waals surface area (Å²) in [6.07, 6.45) is 4.90. The minimum Gasteiger partial charge on any atom is -0.461 e. The molecule has 0 N–H and O–H groups in total. The van der Waals surface area contributed by atoms with Gasteiger partial charge in [0.2, 0.25) is 0 Å². The highest BCUT2D eigenvalue weighted by atomic mass is 79.9. The maximum absolute atomic E-state index is 11.6. The van der Waals surface area contributed by atoms with E-state index in [0.717, 1.165) is 10.2 Å². The summed E-state index contributed by atoms with van der Waals surface area (Å²) in [5, 5.41) is 7.79. The summed E-state index contributed by atoms with van der Waals surface area (Å²) in [6.45, 7) is 5.77. The molecule has 1 aliphatic carbocycles. The molecule has 7 nitrogen and oxygen atoms in total. The Morgan fingerprint density at radius 2 is 2.27 bits per heavy atom. The topological polar surface area (TPSA) is 75.5 Å². The summed E-state index contributed by atoms with van der Waals surface area (Å²) in [5.74, 6) is -1.14. The third-order valence-electron chi connectivity index (χ3n) is 3.26. The number of esters is 1. The van der Waals surface area contributed by atoms with Gasteiger partial charge in [0.25, 0.3) is 0 Å². The second kappa shape index (κ2) is 5.60. The highest BCUT2D eigenvalue weighted by Crippen LogP contribution is 2.39. The van der Waals surface area contributed by atoms with Crippen LogP contribution in [0.15, 0.2) is 22.8 Å². The summed E-state index contributed by atoms with van der Waals surface area (Å²) in [7, 11) is 0. The summed E-state index contributed by atoms with van der Waals surface area (Å²) in [6, 6.07) is 0. The van der Waals surface area contributed by atoms with Gasteiger partial charge in [-0.15, -0.1) is 5.10 Å². The van der Waals surface area contributed by atoms with Crippen molar-refractivity contribution in [2.75, 3.05) is 6.61 Å². The van der Waals surface area contributed by atoms with Gasteiger partial charge in [-0.3, -0.25) is 0 Å². The van der Waals surface area contributed by atoms with Crippen LogP contribution < -0.4 is 0 Å². The van der Waals surface area contributed by atoms with Gasteiger partial charge < -0.3 is 14.2 Å². The Hall–Kier alpha value is -1.51. The summed E-state index contributed by atoms with van der Waals surface area (Å²) in [4.78, 5) is 11.6. The summed E-state index contributed by atoms with van der Waals surface area (Å²) < 4.78 is 18.9. The third-order valence-corrected chi connectivity index (χ3v) is 3.94. The lowest BCUT2D eigenvalue weighted by molar-refractivity contribution is -0.139. The van der Waals surface area contributed by atoms with E-state index in [9.17, 15) is 4.79 Å². The van der Waals surface area contributed by atoms with E-state index in [2.05, 4.69) is 26.2 Å². The molecular formula is C14H16BrN3O4. The number of halogens is 1. The van der Waals surface area contributed by atoms with E-state index in [-0.39, 0.29) is 17.9 Å². The number of carbonyl (C=O) groups is 1. The Kier molecular flexibility index (Phi) is 3.92. The SMILES string of the molecule is CCOC(=O)c1cn(C2=C[C@@H]3OC(C)(C)O[C@@H]3C(Br)=C2)nn1. The molecule has 3 rings (SSSR count). The van der Waals surface area contributed by atoms with E-state index in [1.54, 1.807) is 6.92 Å². The normalized spacial score (nSPS) is 26.2. The van der Waals surface area contributed by atoms with Crippen LogP contribution in [0.3, 0.4) is 0 Å². The third kappa shape index (κ3) is 2.86. The predicted molar refractivity (Wildman–Crippen MR) is 81.1 cm³/mol. The van der Waals surface area contributed by atoms with Crippen molar-refractivity contribution < 1.29 is 19.0 Å². The van der Waals surface area contributed by atoms with Crippen LogP contribution in [0.1, 0.15) is 31.3 Å². The molecule has 0 bridgehead atoms. The number of hydrogen-bond acceptors (Lipinski definition) is 6. The molecule has 2 atom stereocenters. The predicted octanol–water partition coefficient (Wildman–Crippen LogP) is 2.11. The molecule has 0 spiro atoms. The number of hydrogen-bond donors (Lipinski definition) is 0. The Labute approximate surface area is 136 Å². The zero-order chi connectivity index (χ0) is 15.9. The highest BCUT2D eigenvalue weighted by molar-refractivity contribution is 9.11. The van der Waals surface area contributed by atoms with Crippen LogP contribution in [0.5, 0.6) is 0 Å². The Bertz CT molecular complexity index is 665. The molecular weight excluding hydrogens is 354 g/mol. The largest absolute Gasteiger partial charge is 0.461 e. The molecule has 118 valence electrons. The lowest BCUT2D eigenvalue weighted by Crippen LogP contribution is -2.24. The average molecular weight is 370 g/mol. The summed E-state index contributed by atoms with van der Waals surface area (Å²) >= 11 is 3.51. The molecule has 8 heteroatoms. The molecule has 1 saturated heterocycles. The first-order valence-electron chi connectivity index (χ1n) is 6.94. The fourth-order valence-electron chi connectivity index (χ4n) is 2.40. The number of aromatic nitrogens is 3. The number of carbonyl (C=O) groups excluding carboxylic acids is 1. The monoisotopic (exact) mass is 369 g/mol. The minimum absolute atomic E-state index is 0.165. The Morgan fingerprint density at radius 3 is 3.00 bits per heavy atom. The van der Waals surface area contributed by atoms with Crippen molar-refractivity contribution in [1.82, 2.24) is 15.0 Å². The van der Waals surface area contributed by atoms with Crippen LogP contribution in [-0.2, 0) is 14.2 Å². The molecule has 22 heavy (non-hydrogen) atoms. The molecule has 0 aromatic carbocycles. The molecule has 1 aromatic rings. The maximum Gasteiger partial charge on any atom is 0.360 e. The van der Waals surface area contributed by atoms with Crippen molar-refractivity contribution in [3.8, 4) is 0 Å². The van der Waals surface area contributed by atoms with E-state index in [0.29, 0.717) is 6.61 Å². The fourth-order valence-corrected chi connectivity index (χ4v) is 2.98. The molecule has 2 aliphatic rings. The fraction of sp³-hybridized carbons (Fsp3) is 0.500. The van der Waals surface area contributed by atoms with Gasteiger partial charge >= 0.3 is 5.97 Å². The number of nitrogens with zero attached hydrogens (tertiary/aromatic N) is 3. The van der Waals surface area contributed by atoms with Crippen molar-refractivity contribution in [3.63, 3.8) is 0 Å². The van der Waals surface area contributed by atoms with Crippen LogP contribution in [0.4, 0.5) is 0 Å².